The summed E-state index contributed by atoms with van der Waals surface area (Å²) < 4.78 is 16.9. The number of nitrogens with two attached hydrogens (primary N) is 1. The maximum atomic E-state index is 6.06. The van der Waals surface area contributed by atoms with Crippen LogP contribution in [0.2, 0.25) is 5.02 Å². The van der Waals surface area contributed by atoms with E-state index >= 15 is 0 Å². The molecule has 6 nitrogen and oxygen atoms in total. The van der Waals surface area contributed by atoms with Gasteiger partial charge in [0.2, 0.25) is 0 Å². The molecule has 1 aromatic rings. The smallest absolute Gasteiger partial charge is 0.177 e. The quantitative estimate of drug-likeness (QED) is 0.737. The van der Waals surface area contributed by atoms with E-state index in [1.54, 1.807) is 18.0 Å². The van der Waals surface area contributed by atoms with Gasteiger partial charge in [-0.3, -0.25) is 4.68 Å². The summed E-state index contributed by atoms with van der Waals surface area (Å²) in [7, 11) is 4.67. The molecule has 1 heterocycles. The van der Waals surface area contributed by atoms with Crippen molar-refractivity contribution in [3.05, 3.63) is 16.9 Å². The molecule has 0 amide bonds. The van der Waals surface area contributed by atoms with E-state index in [2.05, 4.69) is 5.10 Å². The van der Waals surface area contributed by atoms with E-state index in [4.69, 9.17) is 31.5 Å². The first kappa shape index (κ1) is 14.4. The van der Waals surface area contributed by atoms with E-state index in [1.807, 2.05) is 0 Å². The summed E-state index contributed by atoms with van der Waals surface area (Å²) in [5.74, 6) is 0. The second-order valence-electron chi connectivity index (χ2n) is 3.46. The number of hydrogen-bond acceptors (Lipinski definition) is 5. The second kappa shape index (κ2) is 6.93. The molecule has 0 saturated heterocycles. The Morgan fingerprint density at radius 1 is 1.41 bits per heavy atom. The monoisotopic (exact) mass is 263 g/mol. The van der Waals surface area contributed by atoms with E-state index in [0.29, 0.717) is 23.9 Å². The van der Waals surface area contributed by atoms with Crippen LogP contribution in [0.4, 0.5) is 0 Å². The van der Waals surface area contributed by atoms with Gasteiger partial charge in [0.25, 0.3) is 0 Å². The Kier molecular flexibility index (Phi) is 5.87. The van der Waals surface area contributed by atoms with Crippen LogP contribution in [0, 0.1) is 0 Å². The summed E-state index contributed by atoms with van der Waals surface area (Å²) in [6.45, 7) is 1.11. The van der Waals surface area contributed by atoms with Crippen molar-refractivity contribution in [1.29, 1.82) is 0 Å². The molecule has 0 aliphatic rings. The molecule has 2 N–H and O–H groups in total. The number of halogens is 1. The summed E-state index contributed by atoms with van der Waals surface area (Å²) in [6, 6.07) is -0.503. The highest BCUT2D eigenvalue weighted by atomic mass is 35.5. The summed E-state index contributed by atoms with van der Waals surface area (Å²) >= 11 is 6.06. The molecule has 0 aliphatic carbocycles. The van der Waals surface area contributed by atoms with Crippen molar-refractivity contribution in [2.75, 3.05) is 27.9 Å². The van der Waals surface area contributed by atoms with Crippen LogP contribution in [0.15, 0.2) is 6.20 Å². The molecule has 0 radical (unpaired) electrons. The van der Waals surface area contributed by atoms with Crippen LogP contribution in [0.25, 0.3) is 0 Å². The highest BCUT2D eigenvalue weighted by Crippen LogP contribution is 2.24. The highest BCUT2D eigenvalue weighted by molar-refractivity contribution is 6.31. The zero-order chi connectivity index (χ0) is 12.8. The van der Waals surface area contributed by atoms with Gasteiger partial charge in [-0.05, 0) is 0 Å². The number of ether oxygens (including phenoxy) is 3. The fraction of sp³-hybridized carbons (Fsp3) is 0.700. The number of aromatic nitrogens is 2. The molecule has 0 saturated carbocycles. The average molecular weight is 264 g/mol. The largest absolute Gasteiger partial charge is 0.383 e. The normalized spacial score (nSPS) is 13.3. The van der Waals surface area contributed by atoms with Crippen molar-refractivity contribution in [3.8, 4) is 0 Å². The van der Waals surface area contributed by atoms with E-state index in [-0.39, 0.29) is 0 Å². The summed E-state index contributed by atoms with van der Waals surface area (Å²) in [6.07, 6.45) is 0.986. The van der Waals surface area contributed by atoms with Gasteiger partial charge in [-0.25, -0.2) is 0 Å². The van der Waals surface area contributed by atoms with Gasteiger partial charge in [-0.1, -0.05) is 11.6 Å². The van der Waals surface area contributed by atoms with E-state index in [1.165, 1.54) is 14.2 Å². The maximum absolute atomic E-state index is 6.06. The minimum atomic E-state index is -0.564. The van der Waals surface area contributed by atoms with E-state index < -0.39 is 12.3 Å². The van der Waals surface area contributed by atoms with Gasteiger partial charge in [0.15, 0.2) is 6.29 Å². The maximum Gasteiger partial charge on any atom is 0.177 e. The molecule has 7 heteroatoms. The molecule has 0 fully saturated rings. The molecule has 0 bridgehead atoms. The SMILES string of the molecule is COCCn1ncc(Cl)c1C(N)C(OC)OC. The van der Waals surface area contributed by atoms with Crippen LogP contribution in [-0.2, 0) is 20.8 Å². The lowest BCUT2D eigenvalue weighted by atomic mass is 10.2. The molecular weight excluding hydrogens is 246 g/mol. The second-order valence-corrected chi connectivity index (χ2v) is 3.87. The first-order valence-corrected chi connectivity index (χ1v) is 5.54. The van der Waals surface area contributed by atoms with Crippen LogP contribution in [0.3, 0.4) is 0 Å². The van der Waals surface area contributed by atoms with Gasteiger partial charge >= 0.3 is 0 Å². The van der Waals surface area contributed by atoms with Crippen LogP contribution >= 0.6 is 11.6 Å². The van der Waals surface area contributed by atoms with Crippen molar-refractivity contribution >= 4 is 11.6 Å². The number of nitrogens with zero attached hydrogens (tertiary/aromatic N) is 2. The zero-order valence-corrected chi connectivity index (χ0v) is 11.0. The molecule has 0 aliphatic heterocycles. The predicted molar refractivity (Wildman–Crippen MR) is 63.8 cm³/mol. The van der Waals surface area contributed by atoms with Crippen LogP contribution < -0.4 is 5.73 Å². The van der Waals surface area contributed by atoms with Crippen molar-refractivity contribution in [3.63, 3.8) is 0 Å². The molecule has 0 aromatic carbocycles. The third-order valence-corrected chi connectivity index (χ3v) is 2.71. The van der Waals surface area contributed by atoms with Crippen molar-refractivity contribution < 1.29 is 14.2 Å². The fourth-order valence-electron chi connectivity index (χ4n) is 1.58. The van der Waals surface area contributed by atoms with E-state index in [9.17, 15) is 0 Å². The van der Waals surface area contributed by atoms with Crippen molar-refractivity contribution in [2.45, 2.75) is 18.9 Å². The Morgan fingerprint density at radius 2 is 2.06 bits per heavy atom. The predicted octanol–water partition coefficient (Wildman–Crippen LogP) is 0.802. The Labute approximate surface area is 106 Å². The number of methoxy groups -OCH3 is 3. The fourth-order valence-corrected chi connectivity index (χ4v) is 1.84. The van der Waals surface area contributed by atoms with E-state index in [0.717, 1.165) is 0 Å². The first-order chi connectivity index (χ1) is 8.15. The van der Waals surface area contributed by atoms with Crippen LogP contribution in [-0.4, -0.2) is 44.0 Å². The standard InChI is InChI=1S/C10H18ClN3O3/c1-15-5-4-14-9(7(11)6-13-14)8(12)10(16-2)17-3/h6,8,10H,4-5,12H2,1-3H3. The van der Waals surface area contributed by atoms with Gasteiger partial charge in [0.1, 0.15) is 0 Å². The molecule has 1 aromatic heterocycles. The van der Waals surface area contributed by atoms with Crippen molar-refractivity contribution in [1.82, 2.24) is 9.78 Å². The average Bonchev–Trinajstić information content (AvgIpc) is 2.69. The lowest BCUT2D eigenvalue weighted by Gasteiger charge is -2.22. The first-order valence-electron chi connectivity index (χ1n) is 5.17. The molecular formula is C10H18ClN3O3. The Morgan fingerprint density at radius 3 is 2.59 bits per heavy atom. The third-order valence-electron chi connectivity index (χ3n) is 2.41. The molecule has 98 valence electrons. The van der Waals surface area contributed by atoms with Gasteiger partial charge in [0, 0.05) is 21.3 Å². The number of hydrogen-bond donors (Lipinski definition) is 1. The highest BCUT2D eigenvalue weighted by Gasteiger charge is 2.25. The Balaban J connectivity index is 2.90. The minimum absolute atomic E-state index is 0.493. The van der Waals surface area contributed by atoms with Gasteiger partial charge in [-0.2, -0.15) is 5.10 Å². The third kappa shape index (κ3) is 3.40. The number of rotatable bonds is 7. The molecule has 0 spiro atoms. The Bertz CT molecular complexity index is 342. The van der Waals surface area contributed by atoms with Gasteiger partial charge in [0.05, 0.1) is 36.1 Å². The van der Waals surface area contributed by atoms with Gasteiger partial charge in [-0.15, -0.1) is 0 Å². The van der Waals surface area contributed by atoms with Crippen LogP contribution in [0.1, 0.15) is 11.7 Å². The molecule has 1 atom stereocenters. The van der Waals surface area contributed by atoms with Gasteiger partial charge < -0.3 is 19.9 Å². The topological polar surface area (TPSA) is 71.5 Å². The molecule has 17 heavy (non-hydrogen) atoms. The molecule has 1 rings (SSSR count). The summed E-state index contributed by atoms with van der Waals surface area (Å²) in [5, 5.41) is 4.63. The zero-order valence-electron chi connectivity index (χ0n) is 10.2. The minimum Gasteiger partial charge on any atom is -0.383 e. The van der Waals surface area contributed by atoms with Crippen molar-refractivity contribution in [2.24, 2.45) is 5.73 Å². The summed E-state index contributed by atoms with van der Waals surface area (Å²) in [5.41, 5.74) is 6.72. The lowest BCUT2D eigenvalue weighted by molar-refractivity contribution is -0.118. The summed E-state index contributed by atoms with van der Waals surface area (Å²) in [4.78, 5) is 0. The lowest BCUT2D eigenvalue weighted by Crippen LogP contribution is -2.32. The Hall–Kier alpha value is -0.660. The van der Waals surface area contributed by atoms with Crippen LogP contribution in [0.5, 0.6) is 0 Å². The molecule has 1 unspecified atom stereocenters.